The minimum absolute atomic E-state index is 0.0511. The van der Waals surface area contributed by atoms with E-state index in [9.17, 15) is 14.7 Å². The second kappa shape index (κ2) is 16.0. The first-order chi connectivity index (χ1) is 23.6. The number of halogens is 2. The van der Waals surface area contributed by atoms with Gasteiger partial charge in [0.05, 0.1) is 12.0 Å². The van der Waals surface area contributed by atoms with Gasteiger partial charge in [-0.05, 0) is 102 Å². The van der Waals surface area contributed by atoms with E-state index in [1.807, 2.05) is 17.0 Å². The van der Waals surface area contributed by atoms with E-state index >= 15 is 0 Å². The molecule has 3 atom stereocenters. The third kappa shape index (κ3) is 8.37. The summed E-state index contributed by atoms with van der Waals surface area (Å²) in [6.07, 6.45) is 10.2. The number of carbonyl (C=O) groups is 2. The molecule has 4 heterocycles. The van der Waals surface area contributed by atoms with Crippen LogP contribution in [0.25, 0.3) is 0 Å². The summed E-state index contributed by atoms with van der Waals surface area (Å²) >= 11 is 13.4. The Morgan fingerprint density at radius 3 is 2.12 bits per heavy atom. The van der Waals surface area contributed by atoms with Gasteiger partial charge in [-0.25, -0.2) is 4.79 Å². The highest BCUT2D eigenvalue weighted by atomic mass is 35.5. The van der Waals surface area contributed by atoms with Crippen LogP contribution in [0.2, 0.25) is 10.0 Å². The third-order valence-electron chi connectivity index (χ3n) is 11.3. The van der Waals surface area contributed by atoms with Crippen molar-refractivity contribution in [3.8, 4) is 0 Å². The number of carboxylic acid groups (broad SMARTS) is 1. The predicted octanol–water partition coefficient (Wildman–Crippen LogP) is 6.19. The highest BCUT2D eigenvalue weighted by Gasteiger charge is 2.41. The summed E-state index contributed by atoms with van der Waals surface area (Å²) in [5.41, 5.74) is 4.55. The fourth-order valence-corrected chi connectivity index (χ4v) is 9.19. The lowest BCUT2D eigenvalue weighted by Crippen LogP contribution is -2.56. The molecule has 1 amide bonds. The summed E-state index contributed by atoms with van der Waals surface area (Å²) < 4.78 is 0. The number of benzene rings is 2. The minimum atomic E-state index is -1.03. The summed E-state index contributed by atoms with van der Waals surface area (Å²) in [6, 6.07) is 15.6. The number of rotatable bonds is 12. The van der Waals surface area contributed by atoms with Crippen LogP contribution >= 0.6 is 23.2 Å². The van der Waals surface area contributed by atoms with Gasteiger partial charge in [0.15, 0.2) is 0 Å². The van der Waals surface area contributed by atoms with Crippen LogP contribution < -0.4 is 5.32 Å². The number of aryl methyl sites for hydroxylation is 2. The van der Waals surface area contributed by atoms with Crippen molar-refractivity contribution in [2.45, 2.75) is 81.8 Å². The Balaban J connectivity index is 1.18. The SMILES string of the molecule is CN(C)CCCc1ccccc1CCC1=C(C(=O)O)C(c2c(Cl)cccc2Cl)C=C(CC(=O)N2CCN(C3CC4CCC(C3)N4C)CC2)N1. The average Bonchev–Trinajstić information content (AvgIpc) is 3.26. The molecule has 0 aliphatic carbocycles. The van der Waals surface area contributed by atoms with Crippen molar-refractivity contribution in [2.75, 3.05) is 53.9 Å². The van der Waals surface area contributed by atoms with Gasteiger partial charge in [-0.1, -0.05) is 59.6 Å². The van der Waals surface area contributed by atoms with Gasteiger partial charge in [0.2, 0.25) is 5.91 Å². The number of dihydropyridines is 1. The van der Waals surface area contributed by atoms with Crippen LogP contribution in [0, 0.1) is 0 Å². The Morgan fingerprint density at radius 1 is 0.878 bits per heavy atom. The molecule has 8 nitrogen and oxygen atoms in total. The number of carboxylic acids is 1. The molecule has 0 spiro atoms. The zero-order valence-electron chi connectivity index (χ0n) is 29.1. The van der Waals surface area contributed by atoms with Gasteiger partial charge >= 0.3 is 5.97 Å². The molecule has 0 aromatic heterocycles. The Hall–Kier alpha value is -2.88. The highest BCUT2D eigenvalue weighted by molar-refractivity contribution is 6.36. The molecule has 4 aliphatic rings. The number of hydrogen-bond donors (Lipinski definition) is 2. The van der Waals surface area contributed by atoms with Crippen LogP contribution in [0.3, 0.4) is 0 Å². The molecule has 3 fully saturated rings. The topological polar surface area (TPSA) is 79.4 Å². The second-order valence-electron chi connectivity index (χ2n) is 14.6. The maximum absolute atomic E-state index is 13.8. The quantitative estimate of drug-likeness (QED) is 0.273. The predicted molar refractivity (Wildman–Crippen MR) is 197 cm³/mol. The number of carbonyl (C=O) groups excluding carboxylic acids is 1. The Morgan fingerprint density at radius 2 is 1.51 bits per heavy atom. The van der Waals surface area contributed by atoms with Crippen molar-refractivity contribution < 1.29 is 14.7 Å². The molecule has 0 saturated carbocycles. The largest absolute Gasteiger partial charge is 0.478 e. The summed E-state index contributed by atoms with van der Waals surface area (Å²) in [6.45, 7) is 4.21. The molecule has 2 N–H and O–H groups in total. The fourth-order valence-electron chi connectivity index (χ4n) is 8.56. The maximum atomic E-state index is 13.8. The minimum Gasteiger partial charge on any atom is -0.478 e. The molecule has 0 radical (unpaired) electrons. The van der Waals surface area contributed by atoms with Crippen molar-refractivity contribution in [2.24, 2.45) is 0 Å². The normalized spacial score (nSPS) is 24.7. The summed E-state index contributed by atoms with van der Waals surface area (Å²) in [4.78, 5) is 36.1. The van der Waals surface area contributed by atoms with Gasteiger partial charge < -0.3 is 25.1 Å². The molecule has 264 valence electrons. The van der Waals surface area contributed by atoms with E-state index in [1.54, 1.807) is 18.2 Å². The zero-order valence-corrected chi connectivity index (χ0v) is 30.6. The summed E-state index contributed by atoms with van der Waals surface area (Å²) in [7, 11) is 6.44. The van der Waals surface area contributed by atoms with E-state index in [0.717, 1.165) is 32.5 Å². The standard InChI is InChI=1S/C39H51Cl2N5O3/c1-43(2)17-7-10-26-8-4-5-9-27(26)13-16-35-38(39(48)49)32(37-33(40)11-6-12-34(37)41)22-28(42-35)23-36(47)46-20-18-45(19-21-46)31-24-29-14-15-30(25-31)44(29)3/h4-6,8-9,11-12,22,29-32,42H,7,10,13-21,23-25H2,1-3H3,(H,48,49). The van der Waals surface area contributed by atoms with E-state index in [0.29, 0.717) is 71.1 Å². The van der Waals surface area contributed by atoms with Crippen molar-refractivity contribution in [3.63, 3.8) is 0 Å². The number of amides is 1. The van der Waals surface area contributed by atoms with Gasteiger partial charge in [0.1, 0.15) is 0 Å². The maximum Gasteiger partial charge on any atom is 0.334 e. The Kier molecular flexibility index (Phi) is 11.7. The number of fused-ring (bicyclic) bond motifs is 2. The van der Waals surface area contributed by atoms with Gasteiger partial charge in [-0.2, -0.15) is 0 Å². The van der Waals surface area contributed by atoms with Crippen molar-refractivity contribution >= 4 is 35.1 Å². The van der Waals surface area contributed by atoms with Crippen LogP contribution in [0.1, 0.15) is 67.6 Å². The monoisotopic (exact) mass is 707 g/mol. The van der Waals surface area contributed by atoms with Crippen molar-refractivity contribution in [1.29, 1.82) is 0 Å². The van der Waals surface area contributed by atoms with Gasteiger partial charge in [-0.15, -0.1) is 0 Å². The number of hydrogen-bond acceptors (Lipinski definition) is 6. The molecule has 3 saturated heterocycles. The first-order valence-electron chi connectivity index (χ1n) is 17.9. The molecule has 3 unspecified atom stereocenters. The number of piperidine rings is 1. The zero-order chi connectivity index (χ0) is 34.7. The first-order valence-corrected chi connectivity index (χ1v) is 18.7. The van der Waals surface area contributed by atoms with Gasteiger partial charge in [0, 0.05) is 77.2 Å². The van der Waals surface area contributed by atoms with E-state index in [2.05, 4.69) is 59.4 Å². The molecule has 2 aromatic rings. The second-order valence-corrected chi connectivity index (χ2v) is 15.4. The Labute approximate surface area is 301 Å². The lowest BCUT2D eigenvalue weighted by Gasteiger charge is -2.45. The molecule has 4 aliphatic heterocycles. The lowest BCUT2D eigenvalue weighted by atomic mass is 9.84. The fraction of sp³-hybridized carbons (Fsp3) is 0.538. The molecule has 10 heteroatoms. The van der Waals surface area contributed by atoms with Crippen LogP contribution in [-0.4, -0.2) is 109 Å². The van der Waals surface area contributed by atoms with Crippen LogP contribution in [0.4, 0.5) is 0 Å². The highest BCUT2D eigenvalue weighted by Crippen LogP contribution is 2.41. The summed E-state index contributed by atoms with van der Waals surface area (Å²) in [5.74, 6) is -1.66. The van der Waals surface area contributed by atoms with Crippen molar-refractivity contribution in [1.82, 2.24) is 24.9 Å². The van der Waals surface area contributed by atoms with Crippen LogP contribution in [0.15, 0.2) is 65.5 Å². The molecular weight excluding hydrogens is 657 g/mol. The van der Waals surface area contributed by atoms with E-state index in [1.165, 1.54) is 36.8 Å². The summed E-state index contributed by atoms with van der Waals surface area (Å²) in [5, 5.41) is 14.8. The van der Waals surface area contributed by atoms with Gasteiger partial charge in [-0.3, -0.25) is 9.69 Å². The average molecular weight is 709 g/mol. The van der Waals surface area contributed by atoms with E-state index in [4.69, 9.17) is 23.2 Å². The number of allylic oxidation sites excluding steroid dienone is 2. The molecule has 2 bridgehead atoms. The number of aliphatic carboxylic acids is 1. The number of piperazine rings is 1. The van der Waals surface area contributed by atoms with Crippen LogP contribution in [-0.2, 0) is 22.4 Å². The van der Waals surface area contributed by atoms with Gasteiger partial charge in [0.25, 0.3) is 0 Å². The lowest BCUT2D eigenvalue weighted by molar-refractivity contribution is -0.133. The molecule has 6 rings (SSSR count). The number of nitrogens with one attached hydrogen (secondary N) is 1. The smallest absolute Gasteiger partial charge is 0.334 e. The van der Waals surface area contributed by atoms with Crippen LogP contribution in [0.5, 0.6) is 0 Å². The molecule has 2 aromatic carbocycles. The Bertz CT molecular complexity index is 1550. The molecule has 49 heavy (non-hydrogen) atoms. The van der Waals surface area contributed by atoms with E-state index < -0.39 is 11.9 Å². The first kappa shape index (κ1) is 35.9. The number of nitrogens with zero attached hydrogens (tertiary/aromatic N) is 4. The van der Waals surface area contributed by atoms with E-state index in [-0.39, 0.29) is 17.9 Å². The molecular formula is C39H51Cl2N5O3. The third-order valence-corrected chi connectivity index (χ3v) is 11.9. The van der Waals surface area contributed by atoms with Crippen molar-refractivity contribution in [3.05, 3.63) is 92.2 Å².